The number of anilines is 3. The molecular formula is C24H26ClN3O7S2. The van der Waals surface area contributed by atoms with Gasteiger partial charge in [0.2, 0.25) is 15.9 Å². The van der Waals surface area contributed by atoms with E-state index in [0.29, 0.717) is 10.8 Å². The maximum absolute atomic E-state index is 12.9. The molecule has 0 aromatic heterocycles. The SMILES string of the molecule is COc1ccc(NS(=O)(=O)c2ccc(NC(=O)C(C)N(c3ccc(Cl)cc3)S(C)(=O)=O)cc2)c(OC)c1. The fourth-order valence-corrected chi connectivity index (χ4v) is 5.82. The van der Waals surface area contributed by atoms with Gasteiger partial charge in [0.25, 0.3) is 10.0 Å². The van der Waals surface area contributed by atoms with Crippen LogP contribution in [-0.4, -0.2) is 49.3 Å². The zero-order chi connectivity index (χ0) is 27.4. The molecule has 0 fully saturated rings. The summed E-state index contributed by atoms with van der Waals surface area (Å²) in [7, 11) is -4.90. The van der Waals surface area contributed by atoms with Gasteiger partial charge in [-0.1, -0.05) is 11.6 Å². The first-order valence-corrected chi connectivity index (χ1v) is 14.5. The van der Waals surface area contributed by atoms with Crippen molar-refractivity contribution < 1.29 is 31.1 Å². The average molecular weight is 568 g/mol. The Labute approximate surface area is 221 Å². The number of carbonyl (C=O) groups excluding carboxylic acids is 1. The van der Waals surface area contributed by atoms with E-state index in [4.69, 9.17) is 21.1 Å². The lowest BCUT2D eigenvalue weighted by molar-refractivity contribution is -0.116. The number of nitrogens with one attached hydrogen (secondary N) is 2. The van der Waals surface area contributed by atoms with Crippen LogP contribution in [0.4, 0.5) is 17.1 Å². The van der Waals surface area contributed by atoms with Crippen LogP contribution in [0.2, 0.25) is 5.02 Å². The van der Waals surface area contributed by atoms with Crippen LogP contribution in [0.3, 0.4) is 0 Å². The van der Waals surface area contributed by atoms with E-state index in [2.05, 4.69) is 10.0 Å². The average Bonchev–Trinajstić information content (AvgIpc) is 2.85. The van der Waals surface area contributed by atoms with Crippen molar-refractivity contribution in [2.75, 3.05) is 34.8 Å². The van der Waals surface area contributed by atoms with Gasteiger partial charge in [-0.25, -0.2) is 16.8 Å². The number of rotatable bonds is 10. The van der Waals surface area contributed by atoms with Crippen molar-refractivity contribution in [2.24, 2.45) is 0 Å². The van der Waals surface area contributed by atoms with Crippen molar-refractivity contribution in [1.29, 1.82) is 0 Å². The molecule has 0 spiro atoms. The highest BCUT2D eigenvalue weighted by Gasteiger charge is 2.29. The molecule has 37 heavy (non-hydrogen) atoms. The van der Waals surface area contributed by atoms with E-state index in [1.165, 1.54) is 75.7 Å². The van der Waals surface area contributed by atoms with E-state index in [-0.39, 0.29) is 27.7 Å². The van der Waals surface area contributed by atoms with Gasteiger partial charge in [0, 0.05) is 16.8 Å². The quantitative estimate of drug-likeness (QED) is 0.379. The molecule has 13 heteroatoms. The maximum Gasteiger partial charge on any atom is 0.262 e. The molecule has 10 nitrogen and oxygen atoms in total. The first-order chi connectivity index (χ1) is 17.4. The number of carbonyl (C=O) groups is 1. The van der Waals surface area contributed by atoms with Gasteiger partial charge in [-0.3, -0.25) is 13.8 Å². The van der Waals surface area contributed by atoms with Crippen LogP contribution in [0, 0.1) is 0 Å². The zero-order valence-electron chi connectivity index (χ0n) is 20.4. The lowest BCUT2D eigenvalue weighted by atomic mass is 10.2. The van der Waals surface area contributed by atoms with Crippen molar-refractivity contribution in [3.8, 4) is 11.5 Å². The number of ether oxygens (including phenoxy) is 2. The number of sulfonamides is 2. The van der Waals surface area contributed by atoms with E-state index in [1.807, 2.05) is 0 Å². The van der Waals surface area contributed by atoms with E-state index >= 15 is 0 Å². The third-order valence-corrected chi connectivity index (χ3v) is 8.13. The zero-order valence-corrected chi connectivity index (χ0v) is 22.8. The van der Waals surface area contributed by atoms with Crippen LogP contribution in [0.5, 0.6) is 11.5 Å². The first kappa shape index (κ1) is 28.1. The highest BCUT2D eigenvalue weighted by Crippen LogP contribution is 2.31. The Bertz CT molecular complexity index is 1480. The highest BCUT2D eigenvalue weighted by atomic mass is 35.5. The minimum atomic E-state index is -3.98. The molecular weight excluding hydrogens is 542 g/mol. The largest absolute Gasteiger partial charge is 0.497 e. The molecule has 3 rings (SSSR count). The maximum atomic E-state index is 12.9. The van der Waals surface area contributed by atoms with Crippen molar-refractivity contribution >= 4 is 54.6 Å². The summed E-state index contributed by atoms with van der Waals surface area (Å²) in [6, 6.07) is 15.0. The summed E-state index contributed by atoms with van der Waals surface area (Å²) in [6.45, 7) is 1.44. The number of hydrogen-bond acceptors (Lipinski definition) is 7. The predicted molar refractivity (Wildman–Crippen MR) is 144 cm³/mol. The Balaban J connectivity index is 1.77. The van der Waals surface area contributed by atoms with Gasteiger partial charge < -0.3 is 14.8 Å². The number of amides is 1. The molecule has 198 valence electrons. The second kappa shape index (κ2) is 11.3. The molecule has 1 amide bonds. The lowest BCUT2D eigenvalue weighted by Crippen LogP contribution is -2.45. The van der Waals surface area contributed by atoms with Crippen LogP contribution < -0.4 is 23.8 Å². The Morgan fingerprint density at radius 2 is 1.54 bits per heavy atom. The van der Waals surface area contributed by atoms with Gasteiger partial charge >= 0.3 is 0 Å². The van der Waals surface area contributed by atoms with Crippen LogP contribution in [0.15, 0.2) is 71.6 Å². The van der Waals surface area contributed by atoms with Crippen LogP contribution in [0.1, 0.15) is 6.92 Å². The van der Waals surface area contributed by atoms with Crippen molar-refractivity contribution in [2.45, 2.75) is 17.9 Å². The fourth-order valence-electron chi connectivity index (χ4n) is 3.45. The van der Waals surface area contributed by atoms with Gasteiger partial charge in [0.1, 0.15) is 17.5 Å². The molecule has 3 aromatic rings. The van der Waals surface area contributed by atoms with Crippen LogP contribution in [0.25, 0.3) is 0 Å². The summed E-state index contributed by atoms with van der Waals surface area (Å²) in [5, 5.41) is 3.04. The molecule has 1 unspecified atom stereocenters. The topological polar surface area (TPSA) is 131 Å². The molecule has 0 bridgehead atoms. The van der Waals surface area contributed by atoms with Gasteiger partial charge in [-0.05, 0) is 67.6 Å². The summed E-state index contributed by atoms with van der Waals surface area (Å²) in [5.74, 6) is 0.161. The second-order valence-corrected chi connectivity index (χ2v) is 11.9. The predicted octanol–water partition coefficient (Wildman–Crippen LogP) is 3.95. The third kappa shape index (κ3) is 6.85. The first-order valence-electron chi connectivity index (χ1n) is 10.8. The van der Waals surface area contributed by atoms with Crippen molar-refractivity contribution in [1.82, 2.24) is 0 Å². The van der Waals surface area contributed by atoms with Gasteiger partial charge in [-0.2, -0.15) is 0 Å². The summed E-state index contributed by atoms with van der Waals surface area (Å²) in [4.78, 5) is 12.8. The van der Waals surface area contributed by atoms with E-state index in [1.54, 1.807) is 12.1 Å². The molecule has 0 saturated heterocycles. The molecule has 3 aromatic carbocycles. The van der Waals surface area contributed by atoms with Crippen molar-refractivity contribution in [3.63, 3.8) is 0 Å². The lowest BCUT2D eigenvalue weighted by Gasteiger charge is -2.28. The molecule has 1 atom stereocenters. The molecule has 0 saturated carbocycles. The molecule has 0 aliphatic carbocycles. The molecule has 2 N–H and O–H groups in total. The van der Waals surface area contributed by atoms with E-state index in [9.17, 15) is 21.6 Å². The highest BCUT2D eigenvalue weighted by molar-refractivity contribution is 7.92. The number of methoxy groups -OCH3 is 2. The normalized spacial score (nSPS) is 12.4. The number of benzene rings is 3. The fraction of sp³-hybridized carbons (Fsp3) is 0.208. The number of nitrogens with zero attached hydrogens (tertiary/aromatic N) is 1. The van der Waals surface area contributed by atoms with Gasteiger partial charge in [0.05, 0.1) is 36.7 Å². The number of halogens is 1. The minimum absolute atomic E-state index is 0.0599. The van der Waals surface area contributed by atoms with E-state index < -0.39 is 32.0 Å². The standard InChI is InChI=1S/C24H26ClN3O7S2/c1-16(28(36(4,30)31)19-9-5-17(25)6-10-19)24(29)26-18-7-12-21(13-8-18)37(32,33)27-22-14-11-20(34-2)15-23(22)35-3/h5-16,27H,1-4H3,(H,26,29). The molecule has 0 aliphatic heterocycles. The summed E-state index contributed by atoms with van der Waals surface area (Å²) >= 11 is 5.89. The molecule has 0 radical (unpaired) electrons. The van der Waals surface area contributed by atoms with Crippen LogP contribution in [-0.2, 0) is 24.8 Å². The Kier molecular flexibility index (Phi) is 8.57. The monoisotopic (exact) mass is 567 g/mol. The summed E-state index contributed by atoms with van der Waals surface area (Å²) in [5.41, 5.74) is 0.774. The van der Waals surface area contributed by atoms with Crippen LogP contribution >= 0.6 is 11.6 Å². The Morgan fingerprint density at radius 1 is 0.919 bits per heavy atom. The van der Waals surface area contributed by atoms with Gasteiger partial charge in [0.15, 0.2) is 0 Å². The Hall–Kier alpha value is -3.48. The molecule has 0 aliphatic rings. The summed E-state index contributed by atoms with van der Waals surface area (Å²) in [6.07, 6.45) is 0.996. The van der Waals surface area contributed by atoms with Gasteiger partial charge in [-0.15, -0.1) is 0 Å². The molecule has 0 heterocycles. The smallest absolute Gasteiger partial charge is 0.262 e. The van der Waals surface area contributed by atoms with Crippen molar-refractivity contribution in [3.05, 3.63) is 71.8 Å². The Morgan fingerprint density at radius 3 is 2.08 bits per heavy atom. The third-order valence-electron chi connectivity index (χ3n) is 5.25. The minimum Gasteiger partial charge on any atom is -0.497 e. The second-order valence-electron chi connectivity index (χ2n) is 7.90. The summed E-state index contributed by atoms with van der Waals surface area (Å²) < 4.78 is 64.4. The van der Waals surface area contributed by atoms with E-state index in [0.717, 1.165) is 10.6 Å². The number of hydrogen-bond donors (Lipinski definition) is 2.